The molecule has 2 heterocycles. The van der Waals surface area contributed by atoms with Crippen LogP contribution in [0.1, 0.15) is 23.1 Å². The maximum atomic E-state index is 13.1. The Hall–Kier alpha value is -1.89. The second-order valence-corrected chi connectivity index (χ2v) is 8.72. The van der Waals surface area contributed by atoms with Crippen LogP contribution in [-0.4, -0.2) is 19.3 Å². The van der Waals surface area contributed by atoms with E-state index in [0.717, 1.165) is 12.0 Å². The van der Waals surface area contributed by atoms with E-state index in [1.807, 2.05) is 36.6 Å². The lowest BCUT2D eigenvalue weighted by Crippen LogP contribution is -2.32. The summed E-state index contributed by atoms with van der Waals surface area (Å²) in [5.41, 5.74) is 1.12. The van der Waals surface area contributed by atoms with E-state index in [1.54, 1.807) is 41.9 Å². The van der Waals surface area contributed by atoms with Gasteiger partial charge in [0.15, 0.2) is 0 Å². The number of rotatable bonds is 8. The van der Waals surface area contributed by atoms with Crippen LogP contribution in [0.25, 0.3) is 0 Å². The molecule has 0 aliphatic rings. The van der Waals surface area contributed by atoms with E-state index in [4.69, 9.17) is 4.42 Å². The zero-order valence-corrected chi connectivity index (χ0v) is 15.7. The van der Waals surface area contributed by atoms with Crippen molar-refractivity contribution >= 4 is 21.4 Å². The van der Waals surface area contributed by atoms with Crippen LogP contribution < -0.4 is 0 Å². The largest absolute Gasteiger partial charge is 0.468 e. The van der Waals surface area contributed by atoms with Crippen molar-refractivity contribution in [2.45, 2.75) is 31.2 Å². The number of nitrogens with zero attached hydrogens (tertiary/aromatic N) is 1. The molecule has 0 aliphatic heterocycles. The van der Waals surface area contributed by atoms with Crippen LogP contribution in [-0.2, 0) is 29.4 Å². The Morgan fingerprint density at radius 1 is 1.08 bits per heavy atom. The highest BCUT2D eigenvalue weighted by molar-refractivity contribution is 7.89. The highest BCUT2D eigenvalue weighted by atomic mass is 32.2. The van der Waals surface area contributed by atoms with Crippen LogP contribution in [0.4, 0.5) is 0 Å². The zero-order valence-electron chi connectivity index (χ0n) is 14.1. The average Bonchev–Trinajstić information content (AvgIpc) is 3.32. The molecule has 0 unspecified atom stereocenters. The number of aryl methyl sites for hydroxylation is 1. The monoisotopic (exact) mass is 375 g/mol. The molecule has 0 fully saturated rings. The molecule has 0 aliphatic carbocycles. The minimum Gasteiger partial charge on any atom is -0.468 e. The summed E-state index contributed by atoms with van der Waals surface area (Å²) in [4.78, 5) is 1.49. The smallest absolute Gasteiger partial charge is 0.243 e. The Morgan fingerprint density at radius 2 is 1.88 bits per heavy atom. The fraction of sp³-hybridized carbons (Fsp3) is 0.263. The second kappa shape index (κ2) is 7.99. The van der Waals surface area contributed by atoms with Gasteiger partial charge in [0.2, 0.25) is 10.0 Å². The number of benzene rings is 1. The first-order chi connectivity index (χ1) is 12.1. The van der Waals surface area contributed by atoms with E-state index >= 15 is 0 Å². The van der Waals surface area contributed by atoms with E-state index in [1.165, 1.54) is 9.18 Å². The molecule has 1 aromatic carbocycles. The molecule has 0 amide bonds. The molecule has 0 saturated carbocycles. The van der Waals surface area contributed by atoms with Gasteiger partial charge in [-0.2, -0.15) is 4.31 Å². The molecular formula is C19H21NO3S2. The quantitative estimate of drug-likeness (QED) is 0.588. The Morgan fingerprint density at radius 3 is 2.48 bits per heavy atom. The molecule has 2 aromatic heterocycles. The summed E-state index contributed by atoms with van der Waals surface area (Å²) in [5.74, 6) is 0.639. The molecule has 0 N–H and O–H groups in total. The molecule has 0 saturated heterocycles. The Balaban J connectivity index is 1.84. The molecule has 4 nitrogen and oxygen atoms in total. The fourth-order valence-electron chi connectivity index (χ4n) is 2.60. The molecule has 3 rings (SSSR count). The standard InChI is InChI=1S/C19H21NO3S2/c1-2-16-7-9-19(10-8-16)25(21,22)20(15-17-5-3-13-23-17)12-11-18-6-4-14-24-18/h3-10,13-14H,2,11-12,15H2,1H3. The molecule has 0 bridgehead atoms. The van der Waals surface area contributed by atoms with E-state index in [9.17, 15) is 8.42 Å². The minimum atomic E-state index is -3.58. The van der Waals surface area contributed by atoms with Gasteiger partial charge in [-0.05, 0) is 54.1 Å². The van der Waals surface area contributed by atoms with Gasteiger partial charge in [-0.25, -0.2) is 8.42 Å². The number of hydrogen-bond donors (Lipinski definition) is 0. The van der Waals surface area contributed by atoms with E-state index in [-0.39, 0.29) is 6.54 Å². The fourth-order valence-corrected chi connectivity index (χ4v) is 4.70. The SMILES string of the molecule is CCc1ccc(S(=O)(=O)N(CCc2cccs2)Cc2ccco2)cc1. The summed E-state index contributed by atoms with van der Waals surface area (Å²) in [5, 5.41) is 2.00. The third-order valence-electron chi connectivity index (χ3n) is 4.07. The van der Waals surface area contributed by atoms with Gasteiger partial charge in [-0.3, -0.25) is 0 Å². The van der Waals surface area contributed by atoms with Crippen molar-refractivity contribution in [3.05, 3.63) is 76.4 Å². The normalized spacial score (nSPS) is 11.9. The number of sulfonamides is 1. The van der Waals surface area contributed by atoms with Gasteiger partial charge in [0.25, 0.3) is 0 Å². The summed E-state index contributed by atoms with van der Waals surface area (Å²) in [7, 11) is -3.58. The number of furan rings is 1. The van der Waals surface area contributed by atoms with E-state index in [0.29, 0.717) is 23.6 Å². The summed E-state index contributed by atoms with van der Waals surface area (Å²) in [6.45, 7) is 2.70. The van der Waals surface area contributed by atoms with Gasteiger partial charge >= 0.3 is 0 Å². The Kier molecular flexibility index (Phi) is 5.73. The van der Waals surface area contributed by atoms with Crippen molar-refractivity contribution in [3.8, 4) is 0 Å². The van der Waals surface area contributed by atoms with Crippen LogP contribution in [0.2, 0.25) is 0 Å². The van der Waals surface area contributed by atoms with Gasteiger partial charge in [-0.15, -0.1) is 11.3 Å². The summed E-state index contributed by atoms with van der Waals surface area (Å²) in [6.07, 6.45) is 3.13. The van der Waals surface area contributed by atoms with Crippen LogP contribution in [0.3, 0.4) is 0 Å². The lowest BCUT2D eigenvalue weighted by Gasteiger charge is -2.21. The number of hydrogen-bond acceptors (Lipinski definition) is 4. The first-order valence-electron chi connectivity index (χ1n) is 8.23. The topological polar surface area (TPSA) is 50.5 Å². The van der Waals surface area contributed by atoms with Gasteiger partial charge in [0.1, 0.15) is 5.76 Å². The summed E-state index contributed by atoms with van der Waals surface area (Å²) in [6, 6.07) is 14.7. The molecular weight excluding hydrogens is 354 g/mol. The van der Waals surface area contributed by atoms with Gasteiger partial charge in [0, 0.05) is 11.4 Å². The van der Waals surface area contributed by atoms with Crippen molar-refractivity contribution in [3.63, 3.8) is 0 Å². The average molecular weight is 376 g/mol. The molecule has 0 radical (unpaired) electrons. The van der Waals surface area contributed by atoms with Gasteiger partial charge < -0.3 is 4.42 Å². The van der Waals surface area contributed by atoms with E-state index in [2.05, 4.69) is 0 Å². The van der Waals surface area contributed by atoms with Gasteiger partial charge in [0.05, 0.1) is 17.7 Å². The summed E-state index contributed by atoms with van der Waals surface area (Å²) >= 11 is 1.64. The predicted octanol–water partition coefficient (Wildman–Crippen LogP) is 4.34. The van der Waals surface area contributed by atoms with Gasteiger partial charge in [-0.1, -0.05) is 25.1 Å². The minimum absolute atomic E-state index is 0.232. The molecule has 0 atom stereocenters. The maximum absolute atomic E-state index is 13.1. The zero-order chi connectivity index (χ0) is 17.7. The van der Waals surface area contributed by atoms with Crippen molar-refractivity contribution in [2.24, 2.45) is 0 Å². The van der Waals surface area contributed by atoms with Crippen molar-refractivity contribution < 1.29 is 12.8 Å². The molecule has 132 valence electrons. The third kappa shape index (κ3) is 4.39. The first-order valence-corrected chi connectivity index (χ1v) is 10.6. The predicted molar refractivity (Wildman–Crippen MR) is 100 cm³/mol. The highest BCUT2D eigenvalue weighted by Crippen LogP contribution is 2.21. The van der Waals surface area contributed by atoms with Crippen LogP contribution >= 0.6 is 11.3 Å². The highest BCUT2D eigenvalue weighted by Gasteiger charge is 2.25. The Labute approximate surface area is 152 Å². The number of thiophene rings is 1. The molecule has 6 heteroatoms. The maximum Gasteiger partial charge on any atom is 0.243 e. The van der Waals surface area contributed by atoms with Crippen LogP contribution in [0.15, 0.2) is 69.5 Å². The lowest BCUT2D eigenvalue weighted by atomic mass is 10.2. The first kappa shape index (κ1) is 17.9. The van der Waals surface area contributed by atoms with Crippen LogP contribution in [0, 0.1) is 0 Å². The summed E-state index contributed by atoms with van der Waals surface area (Å²) < 4.78 is 33.1. The third-order valence-corrected chi connectivity index (χ3v) is 6.86. The molecule has 0 spiro atoms. The van der Waals surface area contributed by atoms with E-state index < -0.39 is 10.0 Å². The van der Waals surface area contributed by atoms with Crippen LogP contribution in [0.5, 0.6) is 0 Å². The second-order valence-electron chi connectivity index (χ2n) is 5.74. The molecule has 25 heavy (non-hydrogen) atoms. The van der Waals surface area contributed by atoms with Crippen molar-refractivity contribution in [1.29, 1.82) is 0 Å². The lowest BCUT2D eigenvalue weighted by molar-refractivity contribution is 0.366. The van der Waals surface area contributed by atoms with Crippen molar-refractivity contribution in [2.75, 3.05) is 6.54 Å². The van der Waals surface area contributed by atoms with Crippen molar-refractivity contribution in [1.82, 2.24) is 4.31 Å². The Bertz CT molecular complexity index is 867. The molecule has 3 aromatic rings.